The van der Waals surface area contributed by atoms with Gasteiger partial charge in [0.05, 0.1) is 0 Å². The molecule has 0 bridgehead atoms. The van der Waals surface area contributed by atoms with Gasteiger partial charge in [0.2, 0.25) is 0 Å². The standard InChI is InChI=1S/C15H16.C8H10.2H2O.2H2/c1-11-4-6-14(7-5-11)15-9-12(2)8-13(3)10-15;1-7-3-5-8(2)6-4-7;;;;/h4-10H,1-3H3;3-6H,1-2H3;2*1H2;2*1H. The van der Waals surface area contributed by atoms with Crippen LogP contribution in [0.3, 0.4) is 0 Å². The van der Waals surface area contributed by atoms with Gasteiger partial charge in [0.1, 0.15) is 0 Å². The van der Waals surface area contributed by atoms with E-state index >= 15 is 0 Å². The fourth-order valence-electron chi connectivity index (χ4n) is 2.52. The van der Waals surface area contributed by atoms with Gasteiger partial charge >= 0.3 is 0 Å². The molecule has 0 aliphatic heterocycles. The van der Waals surface area contributed by atoms with Gasteiger partial charge in [0.25, 0.3) is 0 Å². The summed E-state index contributed by atoms with van der Waals surface area (Å²) in [6.07, 6.45) is 0. The molecular formula is C23H34O2. The molecule has 2 nitrogen and oxygen atoms in total. The Labute approximate surface area is 154 Å². The average molecular weight is 343 g/mol. The van der Waals surface area contributed by atoms with E-state index in [1.807, 2.05) is 0 Å². The van der Waals surface area contributed by atoms with Crippen molar-refractivity contribution in [3.63, 3.8) is 0 Å². The van der Waals surface area contributed by atoms with Crippen LogP contribution in [0.1, 0.15) is 30.7 Å². The topological polar surface area (TPSA) is 63.0 Å². The van der Waals surface area contributed by atoms with Gasteiger partial charge < -0.3 is 11.0 Å². The molecule has 2 heteroatoms. The summed E-state index contributed by atoms with van der Waals surface area (Å²) in [5, 5.41) is 0. The van der Waals surface area contributed by atoms with Gasteiger partial charge in [0.15, 0.2) is 0 Å². The maximum absolute atomic E-state index is 2.23. The Morgan fingerprint density at radius 3 is 1.08 bits per heavy atom. The van der Waals surface area contributed by atoms with Crippen molar-refractivity contribution in [3.05, 3.63) is 94.5 Å². The van der Waals surface area contributed by atoms with Crippen LogP contribution >= 0.6 is 0 Å². The van der Waals surface area contributed by atoms with Gasteiger partial charge in [-0.3, -0.25) is 0 Å². The van der Waals surface area contributed by atoms with Crippen LogP contribution in [0.15, 0.2) is 66.7 Å². The molecular weight excluding hydrogens is 308 g/mol. The van der Waals surface area contributed by atoms with E-state index in [2.05, 4.69) is 101 Å². The highest BCUT2D eigenvalue weighted by molar-refractivity contribution is 5.65. The molecule has 3 rings (SSSR count). The summed E-state index contributed by atoms with van der Waals surface area (Å²) in [4.78, 5) is 0. The lowest BCUT2D eigenvalue weighted by Crippen LogP contribution is -1.82. The quantitative estimate of drug-likeness (QED) is 0.566. The van der Waals surface area contributed by atoms with Crippen molar-refractivity contribution in [1.29, 1.82) is 0 Å². The van der Waals surface area contributed by atoms with E-state index in [4.69, 9.17) is 0 Å². The second kappa shape index (κ2) is 10.4. The third-order valence-electron chi connectivity index (χ3n) is 3.82. The monoisotopic (exact) mass is 342 g/mol. The van der Waals surface area contributed by atoms with Gasteiger partial charge in [-0.05, 0) is 45.7 Å². The molecule has 0 saturated heterocycles. The first-order valence-corrected chi connectivity index (χ1v) is 8.12. The zero-order chi connectivity index (χ0) is 16.8. The van der Waals surface area contributed by atoms with Gasteiger partial charge in [0, 0.05) is 2.85 Å². The lowest BCUT2D eigenvalue weighted by atomic mass is 10.00. The third-order valence-corrected chi connectivity index (χ3v) is 3.82. The van der Waals surface area contributed by atoms with Crippen molar-refractivity contribution in [1.82, 2.24) is 0 Å². The fourth-order valence-corrected chi connectivity index (χ4v) is 2.52. The van der Waals surface area contributed by atoms with E-state index < -0.39 is 0 Å². The van der Waals surface area contributed by atoms with Crippen LogP contribution in [0.2, 0.25) is 0 Å². The lowest BCUT2D eigenvalue weighted by molar-refractivity contribution is 0.823. The highest BCUT2D eigenvalue weighted by atomic mass is 16.0. The van der Waals surface area contributed by atoms with E-state index in [9.17, 15) is 0 Å². The zero-order valence-corrected chi connectivity index (χ0v) is 15.9. The van der Waals surface area contributed by atoms with Crippen LogP contribution in [0.4, 0.5) is 0 Å². The van der Waals surface area contributed by atoms with Crippen molar-refractivity contribution < 1.29 is 13.8 Å². The van der Waals surface area contributed by atoms with Crippen molar-refractivity contribution in [2.45, 2.75) is 34.6 Å². The second-order valence-corrected chi connectivity index (χ2v) is 6.40. The third kappa shape index (κ3) is 7.34. The second-order valence-electron chi connectivity index (χ2n) is 6.40. The molecule has 0 spiro atoms. The Morgan fingerprint density at radius 2 is 0.720 bits per heavy atom. The molecule has 0 heterocycles. The molecule has 0 radical (unpaired) electrons. The number of rotatable bonds is 1. The summed E-state index contributed by atoms with van der Waals surface area (Å²) in [5.74, 6) is 0. The molecule has 0 aromatic heterocycles. The van der Waals surface area contributed by atoms with Gasteiger partial charge in [-0.15, -0.1) is 0 Å². The van der Waals surface area contributed by atoms with E-state index in [0.29, 0.717) is 0 Å². The minimum Gasteiger partial charge on any atom is -0.412 e. The summed E-state index contributed by atoms with van der Waals surface area (Å²) >= 11 is 0. The van der Waals surface area contributed by atoms with E-state index in [-0.39, 0.29) is 13.8 Å². The zero-order valence-electron chi connectivity index (χ0n) is 15.9. The first kappa shape index (κ1) is 22.6. The number of benzene rings is 3. The maximum atomic E-state index is 2.23. The Morgan fingerprint density at radius 1 is 0.400 bits per heavy atom. The molecule has 0 aliphatic carbocycles. The highest BCUT2D eigenvalue weighted by Crippen LogP contribution is 2.22. The molecule has 0 fully saturated rings. The summed E-state index contributed by atoms with van der Waals surface area (Å²) in [5.41, 5.74) is 9.23. The van der Waals surface area contributed by atoms with E-state index in [0.717, 1.165) is 0 Å². The summed E-state index contributed by atoms with van der Waals surface area (Å²) < 4.78 is 0. The minimum atomic E-state index is 0. The Hall–Kier alpha value is -2.42. The lowest BCUT2D eigenvalue weighted by Gasteiger charge is -2.05. The molecule has 3 aromatic carbocycles. The van der Waals surface area contributed by atoms with Crippen molar-refractivity contribution in [3.8, 4) is 11.1 Å². The van der Waals surface area contributed by atoms with Crippen molar-refractivity contribution >= 4 is 0 Å². The predicted octanol–water partition coefficient (Wildman–Crippen LogP) is 5.42. The number of hydrogen-bond donors (Lipinski definition) is 0. The summed E-state index contributed by atoms with van der Waals surface area (Å²) in [6.45, 7) is 10.6. The molecule has 0 amide bonds. The number of aryl methyl sites for hydroxylation is 5. The molecule has 0 unspecified atom stereocenters. The average Bonchev–Trinajstić information content (AvgIpc) is 2.51. The predicted molar refractivity (Wildman–Crippen MR) is 113 cm³/mol. The fraction of sp³-hybridized carbons (Fsp3) is 0.217. The summed E-state index contributed by atoms with van der Waals surface area (Å²) in [7, 11) is 0. The molecule has 0 saturated carbocycles. The Bertz CT molecular complexity index is 726. The van der Waals surface area contributed by atoms with Crippen LogP contribution in [-0.2, 0) is 0 Å². The number of hydrogen-bond acceptors (Lipinski definition) is 0. The molecule has 4 N–H and O–H groups in total. The van der Waals surface area contributed by atoms with Crippen LogP contribution < -0.4 is 0 Å². The normalized spacial score (nSPS) is 9.16. The molecule has 138 valence electrons. The Kier molecular flexibility index (Phi) is 9.43. The smallest absolute Gasteiger partial charge is 0 e. The summed E-state index contributed by atoms with van der Waals surface area (Å²) in [6, 6.07) is 23.8. The van der Waals surface area contributed by atoms with Crippen LogP contribution in [0, 0.1) is 34.6 Å². The van der Waals surface area contributed by atoms with Gasteiger partial charge in [-0.1, -0.05) is 94.5 Å². The van der Waals surface area contributed by atoms with Gasteiger partial charge in [-0.25, -0.2) is 0 Å². The van der Waals surface area contributed by atoms with Crippen molar-refractivity contribution in [2.24, 2.45) is 0 Å². The first-order valence-electron chi connectivity index (χ1n) is 8.12. The van der Waals surface area contributed by atoms with Crippen LogP contribution in [0.25, 0.3) is 11.1 Å². The molecule has 0 aliphatic rings. The minimum absolute atomic E-state index is 0. The molecule has 3 aromatic rings. The first-order chi connectivity index (χ1) is 10.9. The van der Waals surface area contributed by atoms with Crippen LogP contribution in [0.5, 0.6) is 0 Å². The van der Waals surface area contributed by atoms with Crippen molar-refractivity contribution in [2.75, 3.05) is 0 Å². The molecule has 25 heavy (non-hydrogen) atoms. The van der Waals surface area contributed by atoms with E-state index in [1.54, 1.807) is 0 Å². The van der Waals surface area contributed by atoms with Crippen LogP contribution in [-0.4, -0.2) is 11.0 Å². The maximum Gasteiger partial charge on any atom is 0 e. The Balaban J connectivity index is -0.000000421. The highest BCUT2D eigenvalue weighted by Gasteiger charge is 1.98. The SMILES string of the molecule is Cc1ccc(-c2cc(C)cc(C)c2)cc1.Cc1ccc(C)cc1.O.O.[HH].[HH]. The molecule has 0 atom stereocenters. The van der Waals surface area contributed by atoms with E-state index in [1.165, 1.54) is 38.9 Å². The largest absolute Gasteiger partial charge is 0.412 e. The van der Waals surface area contributed by atoms with Gasteiger partial charge in [-0.2, -0.15) is 0 Å².